The van der Waals surface area contributed by atoms with Crippen LogP contribution in [0.4, 0.5) is 0 Å². The molecule has 0 unspecified atom stereocenters. The Labute approximate surface area is 128 Å². The molecule has 21 heavy (non-hydrogen) atoms. The van der Waals surface area contributed by atoms with Gasteiger partial charge in [0.25, 0.3) is 0 Å². The van der Waals surface area contributed by atoms with E-state index in [1.807, 2.05) is 0 Å². The lowest BCUT2D eigenvalue weighted by molar-refractivity contribution is 0.112. The van der Waals surface area contributed by atoms with E-state index in [0.29, 0.717) is 39.0 Å². The van der Waals surface area contributed by atoms with E-state index in [4.69, 9.17) is 25.8 Å². The van der Waals surface area contributed by atoms with Gasteiger partial charge < -0.3 is 14.2 Å². The van der Waals surface area contributed by atoms with Gasteiger partial charge in [-0.25, -0.2) is 0 Å². The first-order valence-corrected chi connectivity index (χ1v) is 6.57. The number of carbonyl (C=O) groups excluding carboxylic acids is 1. The second-order valence-electron chi connectivity index (χ2n) is 4.26. The predicted octanol–water partition coefficient (Wildman–Crippen LogP) is 3.85. The molecule has 4 nitrogen and oxygen atoms in total. The molecule has 0 aliphatic heterocycles. The highest BCUT2D eigenvalue weighted by Gasteiger charge is 2.18. The highest BCUT2D eigenvalue weighted by molar-refractivity contribution is 6.31. The van der Waals surface area contributed by atoms with Crippen molar-refractivity contribution in [1.29, 1.82) is 0 Å². The van der Waals surface area contributed by atoms with Crippen molar-refractivity contribution in [3.63, 3.8) is 0 Å². The number of hydrogen-bond acceptors (Lipinski definition) is 4. The van der Waals surface area contributed by atoms with Crippen molar-refractivity contribution in [2.24, 2.45) is 0 Å². The van der Waals surface area contributed by atoms with E-state index >= 15 is 0 Å². The molecule has 0 aliphatic carbocycles. The number of aldehydes is 1. The molecule has 2 aromatic carbocycles. The molecular formula is C16H15ClO4. The summed E-state index contributed by atoms with van der Waals surface area (Å²) >= 11 is 5.94. The maximum Gasteiger partial charge on any atom is 0.150 e. The molecule has 2 aromatic rings. The Balaban J connectivity index is 2.76. The molecule has 0 heterocycles. The number of ether oxygens (including phenoxy) is 3. The number of benzene rings is 2. The van der Waals surface area contributed by atoms with Gasteiger partial charge >= 0.3 is 0 Å². The summed E-state index contributed by atoms with van der Waals surface area (Å²) in [5, 5.41) is 0.493. The van der Waals surface area contributed by atoms with Crippen LogP contribution in [0.3, 0.4) is 0 Å². The Morgan fingerprint density at radius 1 is 0.952 bits per heavy atom. The van der Waals surface area contributed by atoms with Gasteiger partial charge in [-0.3, -0.25) is 4.79 Å². The van der Waals surface area contributed by atoms with Crippen molar-refractivity contribution in [1.82, 2.24) is 0 Å². The van der Waals surface area contributed by atoms with E-state index in [1.165, 1.54) is 0 Å². The van der Waals surface area contributed by atoms with Gasteiger partial charge in [0, 0.05) is 22.7 Å². The first kappa shape index (κ1) is 15.2. The quantitative estimate of drug-likeness (QED) is 0.787. The predicted molar refractivity (Wildman–Crippen MR) is 81.9 cm³/mol. The fraction of sp³-hybridized carbons (Fsp3) is 0.188. The number of methoxy groups -OCH3 is 3. The van der Waals surface area contributed by atoms with Gasteiger partial charge in [-0.05, 0) is 17.7 Å². The van der Waals surface area contributed by atoms with Gasteiger partial charge in [-0.15, -0.1) is 0 Å². The first-order chi connectivity index (χ1) is 10.1. The summed E-state index contributed by atoms with van der Waals surface area (Å²) in [4.78, 5) is 11.3. The number of carbonyl (C=O) groups is 1. The molecule has 0 aromatic heterocycles. The van der Waals surface area contributed by atoms with Crippen molar-refractivity contribution in [2.75, 3.05) is 21.3 Å². The molecule has 0 radical (unpaired) electrons. The van der Waals surface area contributed by atoms with Gasteiger partial charge in [0.05, 0.1) is 26.9 Å². The fourth-order valence-corrected chi connectivity index (χ4v) is 2.31. The summed E-state index contributed by atoms with van der Waals surface area (Å²) in [6, 6.07) is 8.56. The van der Waals surface area contributed by atoms with Gasteiger partial charge in [-0.1, -0.05) is 17.7 Å². The summed E-state index contributed by atoms with van der Waals surface area (Å²) in [6.45, 7) is 0. The Hall–Kier alpha value is -2.20. The van der Waals surface area contributed by atoms with Crippen molar-refractivity contribution in [2.45, 2.75) is 0 Å². The van der Waals surface area contributed by atoms with E-state index in [-0.39, 0.29) is 0 Å². The standard InChI is InChI=1S/C16H15ClO4/c1-19-12-7-14(20-2)16(15(8-12)21-3)13-5-4-11(17)6-10(13)9-18/h4-9H,1-3H3. The SMILES string of the molecule is COc1cc(OC)c(-c2ccc(Cl)cc2C=O)c(OC)c1. The monoisotopic (exact) mass is 306 g/mol. The molecule has 0 spiro atoms. The number of rotatable bonds is 5. The van der Waals surface area contributed by atoms with E-state index < -0.39 is 0 Å². The Morgan fingerprint density at radius 3 is 2.05 bits per heavy atom. The molecule has 5 heteroatoms. The van der Waals surface area contributed by atoms with Crippen LogP contribution in [0, 0.1) is 0 Å². The van der Waals surface area contributed by atoms with E-state index in [9.17, 15) is 4.79 Å². The average Bonchev–Trinajstić information content (AvgIpc) is 2.53. The lowest BCUT2D eigenvalue weighted by atomic mass is 9.98. The molecule has 0 saturated heterocycles. The van der Waals surface area contributed by atoms with Crippen LogP contribution in [0.1, 0.15) is 10.4 Å². The summed E-state index contributed by atoms with van der Waals surface area (Å²) in [5.74, 6) is 1.71. The summed E-state index contributed by atoms with van der Waals surface area (Å²) < 4.78 is 16.0. The lowest BCUT2D eigenvalue weighted by Crippen LogP contribution is -1.97. The third-order valence-corrected chi connectivity index (χ3v) is 3.36. The van der Waals surface area contributed by atoms with Crippen LogP contribution in [-0.2, 0) is 0 Å². The van der Waals surface area contributed by atoms with Gasteiger partial charge in [-0.2, -0.15) is 0 Å². The zero-order chi connectivity index (χ0) is 15.4. The average molecular weight is 307 g/mol. The van der Waals surface area contributed by atoms with Gasteiger partial charge in [0.15, 0.2) is 6.29 Å². The highest BCUT2D eigenvalue weighted by Crippen LogP contribution is 2.43. The van der Waals surface area contributed by atoms with Crippen LogP contribution in [0.15, 0.2) is 30.3 Å². The summed E-state index contributed by atoms with van der Waals surface area (Å²) in [6.07, 6.45) is 0.754. The second-order valence-corrected chi connectivity index (χ2v) is 4.69. The minimum atomic E-state index is 0.462. The normalized spacial score (nSPS) is 10.1. The molecule has 0 N–H and O–H groups in total. The smallest absolute Gasteiger partial charge is 0.150 e. The topological polar surface area (TPSA) is 44.8 Å². The van der Waals surface area contributed by atoms with E-state index in [0.717, 1.165) is 6.29 Å². The molecule has 0 bridgehead atoms. The van der Waals surface area contributed by atoms with Crippen LogP contribution in [0.2, 0.25) is 5.02 Å². The minimum absolute atomic E-state index is 0.462. The van der Waals surface area contributed by atoms with Crippen molar-refractivity contribution >= 4 is 17.9 Å². The molecule has 0 atom stereocenters. The third-order valence-electron chi connectivity index (χ3n) is 3.12. The van der Waals surface area contributed by atoms with Crippen LogP contribution in [-0.4, -0.2) is 27.6 Å². The largest absolute Gasteiger partial charge is 0.496 e. The molecule has 0 amide bonds. The number of hydrogen-bond donors (Lipinski definition) is 0. The van der Waals surface area contributed by atoms with Crippen molar-refractivity contribution in [3.05, 3.63) is 40.9 Å². The van der Waals surface area contributed by atoms with Crippen LogP contribution >= 0.6 is 11.6 Å². The third kappa shape index (κ3) is 2.95. The molecule has 2 rings (SSSR count). The Morgan fingerprint density at radius 2 is 1.57 bits per heavy atom. The molecule has 0 fully saturated rings. The van der Waals surface area contributed by atoms with Gasteiger partial charge in [0.2, 0.25) is 0 Å². The van der Waals surface area contributed by atoms with Crippen molar-refractivity contribution < 1.29 is 19.0 Å². The first-order valence-electron chi connectivity index (χ1n) is 6.19. The van der Waals surface area contributed by atoms with E-state index in [2.05, 4.69) is 0 Å². The minimum Gasteiger partial charge on any atom is -0.496 e. The second kappa shape index (κ2) is 6.50. The molecule has 0 aliphatic rings. The number of halogens is 1. The van der Waals surface area contributed by atoms with Crippen LogP contribution < -0.4 is 14.2 Å². The Bertz CT molecular complexity index is 642. The molecular weight excluding hydrogens is 292 g/mol. The van der Waals surface area contributed by atoms with Gasteiger partial charge in [0.1, 0.15) is 17.2 Å². The molecule has 110 valence electrons. The zero-order valence-corrected chi connectivity index (χ0v) is 12.7. The summed E-state index contributed by atoms with van der Waals surface area (Å²) in [5.41, 5.74) is 1.83. The lowest BCUT2D eigenvalue weighted by Gasteiger charge is -2.16. The Kier molecular flexibility index (Phi) is 4.70. The fourth-order valence-electron chi connectivity index (χ4n) is 2.13. The van der Waals surface area contributed by atoms with E-state index in [1.54, 1.807) is 51.7 Å². The van der Waals surface area contributed by atoms with Crippen LogP contribution in [0.5, 0.6) is 17.2 Å². The molecule has 0 saturated carbocycles. The van der Waals surface area contributed by atoms with Crippen molar-refractivity contribution in [3.8, 4) is 28.4 Å². The van der Waals surface area contributed by atoms with Crippen LogP contribution in [0.25, 0.3) is 11.1 Å². The maximum atomic E-state index is 11.3. The summed E-state index contributed by atoms with van der Waals surface area (Å²) in [7, 11) is 4.66. The zero-order valence-electron chi connectivity index (χ0n) is 12.0. The highest BCUT2D eigenvalue weighted by atomic mass is 35.5. The maximum absolute atomic E-state index is 11.3.